The van der Waals surface area contributed by atoms with E-state index < -0.39 is 11.4 Å². The van der Waals surface area contributed by atoms with Crippen LogP contribution in [0.5, 0.6) is 17.2 Å². The molecule has 5 heteroatoms. The van der Waals surface area contributed by atoms with E-state index in [0.29, 0.717) is 37.2 Å². The summed E-state index contributed by atoms with van der Waals surface area (Å²) in [5, 5.41) is 20.8. The standard InChI is InChI=1S/C19H24O5/c1-10-8-12-14(19(18(21)22)6-4-3-5-7-19)16-13(9-11(2)23-16)15(20)17(12)24-10/h10-11,20H,3-9H2,1-2H3,(H,21,22). The molecule has 3 aliphatic rings. The number of aromatic hydroxyl groups is 1. The van der Waals surface area contributed by atoms with Crippen LogP contribution >= 0.6 is 0 Å². The number of aliphatic carboxylic acids is 1. The Balaban J connectivity index is 2.00. The predicted molar refractivity (Wildman–Crippen MR) is 88.1 cm³/mol. The Morgan fingerprint density at radius 3 is 2.21 bits per heavy atom. The molecule has 4 rings (SSSR count). The van der Waals surface area contributed by atoms with Crippen LogP contribution in [0.25, 0.3) is 0 Å². The molecule has 1 aromatic carbocycles. The Labute approximate surface area is 141 Å². The molecule has 5 nitrogen and oxygen atoms in total. The van der Waals surface area contributed by atoms with E-state index in [1.54, 1.807) is 0 Å². The zero-order valence-electron chi connectivity index (χ0n) is 14.2. The Hall–Kier alpha value is -1.91. The van der Waals surface area contributed by atoms with Gasteiger partial charge in [0.15, 0.2) is 11.5 Å². The van der Waals surface area contributed by atoms with Gasteiger partial charge in [-0.15, -0.1) is 0 Å². The first-order valence-corrected chi connectivity index (χ1v) is 8.92. The van der Waals surface area contributed by atoms with E-state index in [1.807, 2.05) is 13.8 Å². The minimum absolute atomic E-state index is 0.0564. The van der Waals surface area contributed by atoms with Gasteiger partial charge in [0.2, 0.25) is 0 Å². The van der Waals surface area contributed by atoms with Crippen LogP contribution in [0.2, 0.25) is 0 Å². The van der Waals surface area contributed by atoms with Crippen molar-refractivity contribution in [1.29, 1.82) is 0 Å². The summed E-state index contributed by atoms with van der Waals surface area (Å²) in [4.78, 5) is 12.4. The smallest absolute Gasteiger partial charge is 0.314 e. The molecular formula is C19H24O5. The highest BCUT2D eigenvalue weighted by Gasteiger charge is 2.49. The topological polar surface area (TPSA) is 76.0 Å². The fraction of sp³-hybridized carbons (Fsp3) is 0.632. The lowest BCUT2D eigenvalue weighted by Crippen LogP contribution is -2.39. The van der Waals surface area contributed by atoms with E-state index >= 15 is 0 Å². The molecule has 0 radical (unpaired) electrons. The number of carboxylic acid groups (broad SMARTS) is 1. The van der Waals surface area contributed by atoms with E-state index in [2.05, 4.69) is 0 Å². The molecule has 0 saturated heterocycles. The van der Waals surface area contributed by atoms with E-state index in [-0.39, 0.29) is 18.0 Å². The van der Waals surface area contributed by atoms with Crippen molar-refractivity contribution in [1.82, 2.24) is 0 Å². The van der Waals surface area contributed by atoms with Gasteiger partial charge < -0.3 is 19.7 Å². The number of benzene rings is 1. The minimum Gasteiger partial charge on any atom is -0.504 e. The highest BCUT2D eigenvalue weighted by molar-refractivity contribution is 5.85. The first kappa shape index (κ1) is 15.6. The van der Waals surface area contributed by atoms with Crippen LogP contribution in [0.1, 0.15) is 62.6 Å². The van der Waals surface area contributed by atoms with Crippen LogP contribution in [-0.4, -0.2) is 28.4 Å². The molecule has 1 aliphatic carbocycles. The second-order valence-corrected chi connectivity index (χ2v) is 7.55. The minimum atomic E-state index is -0.919. The average molecular weight is 332 g/mol. The summed E-state index contributed by atoms with van der Waals surface area (Å²) in [5.74, 6) is 0.467. The predicted octanol–water partition coefficient (Wildman–Crippen LogP) is 3.33. The van der Waals surface area contributed by atoms with Crippen LogP contribution in [0, 0.1) is 0 Å². The van der Waals surface area contributed by atoms with Crippen molar-refractivity contribution in [3.8, 4) is 17.2 Å². The van der Waals surface area contributed by atoms with Crippen molar-refractivity contribution >= 4 is 5.97 Å². The summed E-state index contributed by atoms with van der Waals surface area (Å²) in [6.45, 7) is 3.90. The van der Waals surface area contributed by atoms with Crippen molar-refractivity contribution in [2.24, 2.45) is 0 Å². The average Bonchev–Trinajstić information content (AvgIpc) is 3.11. The van der Waals surface area contributed by atoms with Crippen molar-refractivity contribution in [3.05, 3.63) is 16.7 Å². The Kier molecular flexibility index (Phi) is 3.44. The largest absolute Gasteiger partial charge is 0.504 e. The molecular weight excluding hydrogens is 308 g/mol. The number of ether oxygens (including phenoxy) is 2. The van der Waals surface area contributed by atoms with Gasteiger partial charge in [-0.25, -0.2) is 0 Å². The maximum Gasteiger partial charge on any atom is 0.314 e. The lowest BCUT2D eigenvalue weighted by Gasteiger charge is -2.36. The summed E-state index contributed by atoms with van der Waals surface area (Å²) < 4.78 is 11.9. The van der Waals surface area contributed by atoms with Crippen LogP contribution in [-0.2, 0) is 23.1 Å². The van der Waals surface area contributed by atoms with Gasteiger partial charge in [0.1, 0.15) is 18.0 Å². The fourth-order valence-corrected chi connectivity index (χ4v) is 4.72. The maximum atomic E-state index is 12.4. The maximum absolute atomic E-state index is 12.4. The highest BCUT2D eigenvalue weighted by Crippen LogP contribution is 2.56. The van der Waals surface area contributed by atoms with Crippen molar-refractivity contribution in [2.75, 3.05) is 0 Å². The Bertz CT molecular complexity index is 663. The monoisotopic (exact) mass is 332 g/mol. The summed E-state index contributed by atoms with van der Waals surface area (Å²) in [6, 6.07) is 0. The van der Waals surface area contributed by atoms with E-state index in [4.69, 9.17) is 9.47 Å². The molecule has 1 saturated carbocycles. The summed E-state index contributed by atoms with van der Waals surface area (Å²) >= 11 is 0. The third-order valence-electron chi connectivity index (χ3n) is 5.79. The van der Waals surface area contributed by atoms with Crippen molar-refractivity contribution in [2.45, 2.75) is 76.4 Å². The van der Waals surface area contributed by atoms with Gasteiger partial charge in [-0.2, -0.15) is 0 Å². The van der Waals surface area contributed by atoms with Crippen molar-refractivity contribution < 1.29 is 24.5 Å². The van der Waals surface area contributed by atoms with Crippen LogP contribution < -0.4 is 9.47 Å². The SMILES string of the molecule is CC1Cc2c(c(O)c3c(c2C2(C(=O)O)CCCCC2)OC(C)C3)O1. The number of carboxylic acids is 1. The molecule has 24 heavy (non-hydrogen) atoms. The number of carbonyl (C=O) groups is 1. The highest BCUT2D eigenvalue weighted by atomic mass is 16.5. The molecule has 2 unspecified atom stereocenters. The molecule has 2 atom stereocenters. The Morgan fingerprint density at radius 1 is 1.00 bits per heavy atom. The zero-order chi connectivity index (χ0) is 17.1. The molecule has 0 aromatic heterocycles. The van der Waals surface area contributed by atoms with Crippen LogP contribution in [0.4, 0.5) is 0 Å². The van der Waals surface area contributed by atoms with Crippen LogP contribution in [0.15, 0.2) is 0 Å². The van der Waals surface area contributed by atoms with Crippen LogP contribution in [0.3, 0.4) is 0 Å². The quantitative estimate of drug-likeness (QED) is 0.869. The third-order valence-corrected chi connectivity index (χ3v) is 5.79. The van der Waals surface area contributed by atoms with Gasteiger partial charge in [-0.1, -0.05) is 19.3 Å². The van der Waals surface area contributed by atoms with Gasteiger partial charge in [0, 0.05) is 29.5 Å². The first-order valence-electron chi connectivity index (χ1n) is 8.92. The van der Waals surface area contributed by atoms with E-state index in [9.17, 15) is 15.0 Å². The van der Waals surface area contributed by atoms with Gasteiger partial charge in [-0.3, -0.25) is 4.79 Å². The van der Waals surface area contributed by atoms with Gasteiger partial charge >= 0.3 is 5.97 Å². The molecule has 0 bridgehead atoms. The number of phenolic OH excluding ortho intramolecular Hbond substituents is 1. The molecule has 0 amide bonds. The number of phenols is 1. The number of rotatable bonds is 2. The molecule has 2 N–H and O–H groups in total. The van der Waals surface area contributed by atoms with Crippen molar-refractivity contribution in [3.63, 3.8) is 0 Å². The number of hydrogen-bond acceptors (Lipinski definition) is 4. The van der Waals surface area contributed by atoms with E-state index in [1.165, 1.54) is 0 Å². The molecule has 130 valence electrons. The Morgan fingerprint density at radius 2 is 1.58 bits per heavy atom. The van der Waals surface area contributed by atoms with Gasteiger partial charge in [-0.05, 0) is 26.7 Å². The summed E-state index contributed by atoms with van der Waals surface area (Å²) in [6.07, 6.45) is 5.23. The molecule has 2 aliphatic heterocycles. The lowest BCUT2D eigenvalue weighted by atomic mass is 9.67. The molecule has 2 heterocycles. The lowest BCUT2D eigenvalue weighted by molar-refractivity contribution is -0.145. The second-order valence-electron chi connectivity index (χ2n) is 7.55. The number of hydrogen-bond donors (Lipinski definition) is 2. The summed E-state index contributed by atoms with van der Waals surface area (Å²) in [7, 11) is 0. The molecule has 1 aromatic rings. The fourth-order valence-electron chi connectivity index (χ4n) is 4.72. The van der Waals surface area contributed by atoms with Gasteiger partial charge in [0.05, 0.1) is 5.41 Å². The second kappa shape index (κ2) is 5.30. The number of fused-ring (bicyclic) bond motifs is 2. The zero-order valence-corrected chi connectivity index (χ0v) is 14.2. The first-order chi connectivity index (χ1) is 11.4. The molecule has 0 spiro atoms. The van der Waals surface area contributed by atoms with Gasteiger partial charge in [0.25, 0.3) is 0 Å². The summed E-state index contributed by atoms with van der Waals surface area (Å²) in [5.41, 5.74) is 1.43. The van der Waals surface area contributed by atoms with E-state index in [0.717, 1.165) is 36.0 Å². The third kappa shape index (κ3) is 2.03. The normalized spacial score (nSPS) is 27.1. The molecule has 1 fully saturated rings.